The van der Waals surface area contributed by atoms with Gasteiger partial charge in [-0.05, 0) is 79.2 Å². The van der Waals surface area contributed by atoms with Crippen LogP contribution in [0.1, 0.15) is 12.0 Å². The Labute approximate surface area is 217 Å². The van der Waals surface area contributed by atoms with Gasteiger partial charge < -0.3 is 24.4 Å². The second-order valence-corrected chi connectivity index (χ2v) is 9.15. The SMILES string of the molecule is COc1ccc(Oc2ccc(N3C[C@@H](C(=O)OCC(=O)Nc4ccc(Br)c(C)c4)CC3=O)cc2)cc1. The van der Waals surface area contributed by atoms with Gasteiger partial charge in [0.15, 0.2) is 6.61 Å². The van der Waals surface area contributed by atoms with Gasteiger partial charge in [-0.15, -0.1) is 0 Å². The number of carbonyl (C=O) groups is 3. The molecule has 0 spiro atoms. The first-order chi connectivity index (χ1) is 17.3. The summed E-state index contributed by atoms with van der Waals surface area (Å²) >= 11 is 3.41. The number of hydrogen-bond donors (Lipinski definition) is 1. The van der Waals surface area contributed by atoms with E-state index in [9.17, 15) is 14.4 Å². The fourth-order valence-electron chi connectivity index (χ4n) is 3.76. The summed E-state index contributed by atoms with van der Waals surface area (Å²) in [4.78, 5) is 38.8. The topological polar surface area (TPSA) is 94.2 Å². The molecule has 186 valence electrons. The Morgan fingerprint density at radius 1 is 1.00 bits per heavy atom. The van der Waals surface area contributed by atoms with E-state index in [4.69, 9.17) is 14.2 Å². The zero-order chi connectivity index (χ0) is 25.7. The molecule has 3 aromatic carbocycles. The fraction of sp³-hybridized carbons (Fsp3) is 0.222. The Morgan fingerprint density at radius 2 is 1.64 bits per heavy atom. The van der Waals surface area contributed by atoms with Gasteiger partial charge >= 0.3 is 5.97 Å². The number of methoxy groups -OCH3 is 1. The highest BCUT2D eigenvalue weighted by molar-refractivity contribution is 9.10. The van der Waals surface area contributed by atoms with Crippen LogP contribution in [0.2, 0.25) is 0 Å². The lowest BCUT2D eigenvalue weighted by Gasteiger charge is -2.17. The Morgan fingerprint density at radius 3 is 2.28 bits per heavy atom. The van der Waals surface area contributed by atoms with Gasteiger partial charge in [0, 0.05) is 28.8 Å². The molecule has 36 heavy (non-hydrogen) atoms. The number of aryl methyl sites for hydroxylation is 1. The standard InChI is InChI=1S/C27H25BrN2O6/c1-17-13-19(3-12-24(17)28)29-25(31)16-35-27(33)18-14-26(32)30(15-18)20-4-6-22(7-5-20)36-23-10-8-21(34-2)9-11-23/h3-13,18H,14-16H2,1-2H3,(H,29,31)/t18-/m0/s1. The third-order valence-corrected chi connectivity index (χ3v) is 6.58. The molecular formula is C27H25BrN2O6. The average molecular weight is 553 g/mol. The van der Waals surface area contributed by atoms with E-state index in [1.54, 1.807) is 61.7 Å². The maximum atomic E-state index is 12.6. The molecular weight excluding hydrogens is 528 g/mol. The molecule has 1 atom stereocenters. The normalized spacial score (nSPS) is 14.9. The molecule has 1 aliphatic heterocycles. The zero-order valence-electron chi connectivity index (χ0n) is 19.8. The van der Waals surface area contributed by atoms with E-state index in [-0.39, 0.29) is 18.9 Å². The summed E-state index contributed by atoms with van der Waals surface area (Å²) in [5, 5.41) is 2.70. The van der Waals surface area contributed by atoms with Gasteiger partial charge in [0.1, 0.15) is 17.2 Å². The summed E-state index contributed by atoms with van der Waals surface area (Å²) in [6, 6.07) is 19.6. The van der Waals surface area contributed by atoms with Gasteiger partial charge in [-0.1, -0.05) is 15.9 Å². The van der Waals surface area contributed by atoms with E-state index in [0.717, 1.165) is 15.8 Å². The summed E-state index contributed by atoms with van der Waals surface area (Å²) in [5.41, 5.74) is 2.23. The summed E-state index contributed by atoms with van der Waals surface area (Å²) in [6.45, 7) is 1.67. The first-order valence-electron chi connectivity index (χ1n) is 11.3. The highest BCUT2D eigenvalue weighted by Gasteiger charge is 2.36. The Bertz CT molecular complexity index is 1260. The van der Waals surface area contributed by atoms with E-state index in [2.05, 4.69) is 21.2 Å². The van der Waals surface area contributed by atoms with Crippen molar-refractivity contribution in [2.24, 2.45) is 5.92 Å². The van der Waals surface area contributed by atoms with Gasteiger partial charge in [0.25, 0.3) is 5.91 Å². The molecule has 9 heteroatoms. The molecule has 1 N–H and O–H groups in total. The van der Waals surface area contributed by atoms with Crippen LogP contribution in [0.15, 0.2) is 71.2 Å². The minimum atomic E-state index is -0.643. The van der Waals surface area contributed by atoms with Crippen LogP contribution in [0.3, 0.4) is 0 Å². The van der Waals surface area contributed by atoms with Crippen molar-refractivity contribution in [2.75, 3.05) is 30.5 Å². The third kappa shape index (κ3) is 6.23. The molecule has 1 heterocycles. The van der Waals surface area contributed by atoms with Gasteiger partial charge in [0.05, 0.1) is 13.0 Å². The van der Waals surface area contributed by atoms with Crippen LogP contribution in [0.5, 0.6) is 17.2 Å². The van der Waals surface area contributed by atoms with Crippen molar-refractivity contribution in [3.05, 3.63) is 76.8 Å². The number of anilines is 2. The maximum Gasteiger partial charge on any atom is 0.311 e. The number of ether oxygens (including phenoxy) is 3. The molecule has 1 saturated heterocycles. The van der Waals surface area contributed by atoms with Crippen LogP contribution in [0.25, 0.3) is 0 Å². The fourth-order valence-corrected chi connectivity index (χ4v) is 4.01. The lowest BCUT2D eigenvalue weighted by molar-refractivity contribution is -0.151. The average Bonchev–Trinajstić information content (AvgIpc) is 3.27. The van der Waals surface area contributed by atoms with Crippen molar-refractivity contribution < 1.29 is 28.6 Å². The van der Waals surface area contributed by atoms with E-state index >= 15 is 0 Å². The minimum Gasteiger partial charge on any atom is -0.497 e. The highest BCUT2D eigenvalue weighted by Crippen LogP contribution is 2.30. The number of hydrogen-bond acceptors (Lipinski definition) is 6. The molecule has 8 nitrogen and oxygen atoms in total. The van der Waals surface area contributed by atoms with Crippen molar-refractivity contribution in [1.82, 2.24) is 0 Å². The minimum absolute atomic E-state index is 0.0243. The Kier molecular flexibility index (Phi) is 7.90. The molecule has 0 bridgehead atoms. The summed E-state index contributed by atoms with van der Waals surface area (Å²) in [7, 11) is 1.60. The molecule has 0 aromatic heterocycles. The monoisotopic (exact) mass is 552 g/mol. The van der Waals surface area contributed by atoms with Crippen molar-refractivity contribution >= 4 is 45.1 Å². The number of nitrogens with one attached hydrogen (secondary N) is 1. The van der Waals surface area contributed by atoms with E-state index in [1.165, 1.54) is 4.90 Å². The highest BCUT2D eigenvalue weighted by atomic mass is 79.9. The van der Waals surface area contributed by atoms with E-state index in [0.29, 0.717) is 22.9 Å². The number of carbonyl (C=O) groups excluding carboxylic acids is 3. The number of halogens is 1. The molecule has 0 unspecified atom stereocenters. The second kappa shape index (κ2) is 11.3. The van der Waals surface area contributed by atoms with Crippen LogP contribution in [-0.4, -0.2) is 38.0 Å². The van der Waals surface area contributed by atoms with Crippen molar-refractivity contribution in [3.8, 4) is 17.2 Å². The van der Waals surface area contributed by atoms with Crippen molar-refractivity contribution in [2.45, 2.75) is 13.3 Å². The predicted molar refractivity (Wildman–Crippen MR) is 138 cm³/mol. The lowest BCUT2D eigenvalue weighted by atomic mass is 10.1. The molecule has 0 aliphatic carbocycles. The van der Waals surface area contributed by atoms with Gasteiger partial charge in [-0.3, -0.25) is 14.4 Å². The largest absolute Gasteiger partial charge is 0.497 e. The zero-order valence-corrected chi connectivity index (χ0v) is 21.4. The molecule has 1 aliphatic rings. The third-order valence-electron chi connectivity index (χ3n) is 5.69. The Balaban J connectivity index is 1.28. The van der Waals surface area contributed by atoms with E-state index < -0.39 is 24.4 Å². The molecule has 4 rings (SSSR count). The van der Waals surface area contributed by atoms with Crippen LogP contribution in [0, 0.1) is 12.8 Å². The van der Waals surface area contributed by atoms with Crippen LogP contribution in [-0.2, 0) is 19.1 Å². The number of rotatable bonds is 8. The van der Waals surface area contributed by atoms with Gasteiger partial charge in [0.2, 0.25) is 5.91 Å². The first-order valence-corrected chi connectivity index (χ1v) is 12.1. The van der Waals surface area contributed by atoms with Crippen LogP contribution >= 0.6 is 15.9 Å². The predicted octanol–water partition coefficient (Wildman–Crippen LogP) is 5.09. The molecule has 0 radical (unpaired) electrons. The van der Waals surface area contributed by atoms with Gasteiger partial charge in [-0.25, -0.2) is 0 Å². The number of esters is 1. The Hall–Kier alpha value is -3.85. The number of amides is 2. The smallest absolute Gasteiger partial charge is 0.311 e. The quantitative estimate of drug-likeness (QED) is 0.391. The molecule has 3 aromatic rings. The van der Waals surface area contributed by atoms with Gasteiger partial charge in [-0.2, -0.15) is 0 Å². The summed E-state index contributed by atoms with van der Waals surface area (Å²) < 4.78 is 17.1. The van der Waals surface area contributed by atoms with Crippen LogP contribution in [0.4, 0.5) is 11.4 Å². The number of benzene rings is 3. The maximum absolute atomic E-state index is 12.6. The molecule has 2 amide bonds. The molecule has 1 fully saturated rings. The number of nitrogens with zero attached hydrogens (tertiary/aromatic N) is 1. The van der Waals surface area contributed by atoms with Crippen molar-refractivity contribution in [1.29, 1.82) is 0 Å². The van der Waals surface area contributed by atoms with Crippen LogP contribution < -0.4 is 19.7 Å². The first kappa shape index (κ1) is 25.2. The van der Waals surface area contributed by atoms with Crippen molar-refractivity contribution in [3.63, 3.8) is 0 Å². The second-order valence-electron chi connectivity index (χ2n) is 8.30. The molecule has 0 saturated carbocycles. The summed E-state index contributed by atoms with van der Waals surface area (Å²) in [5.74, 6) is 0.150. The summed E-state index contributed by atoms with van der Waals surface area (Å²) in [6.07, 6.45) is 0.0243. The van der Waals surface area contributed by atoms with E-state index in [1.807, 2.05) is 19.1 Å². The lowest BCUT2D eigenvalue weighted by Crippen LogP contribution is -2.28.